The summed E-state index contributed by atoms with van der Waals surface area (Å²) in [5.74, 6) is -0.383. The van der Waals surface area contributed by atoms with Crippen LogP contribution in [0.15, 0.2) is 24.3 Å². The minimum atomic E-state index is -4.42. The highest BCUT2D eigenvalue weighted by molar-refractivity contribution is 5.79. The lowest BCUT2D eigenvalue weighted by Crippen LogP contribution is -2.56. The molecule has 1 amide bonds. The number of hydrogen-bond donors (Lipinski definition) is 2. The minimum absolute atomic E-state index is 0.00139. The summed E-state index contributed by atoms with van der Waals surface area (Å²) in [6, 6.07) is 3.64. The first-order chi connectivity index (χ1) is 10.7. The van der Waals surface area contributed by atoms with Gasteiger partial charge in [0.15, 0.2) is 0 Å². The van der Waals surface area contributed by atoms with Crippen LogP contribution in [0.4, 0.5) is 13.2 Å². The molecule has 3 atom stereocenters. The molecule has 8 heteroatoms. The van der Waals surface area contributed by atoms with Crippen LogP contribution in [-0.2, 0) is 22.1 Å². The van der Waals surface area contributed by atoms with Gasteiger partial charge in [-0.25, -0.2) is 0 Å². The second-order valence-electron chi connectivity index (χ2n) is 5.54. The van der Waals surface area contributed by atoms with E-state index in [1.165, 1.54) is 24.1 Å². The van der Waals surface area contributed by atoms with Gasteiger partial charge in [-0.3, -0.25) is 4.79 Å². The lowest BCUT2D eigenvalue weighted by molar-refractivity contribution is -0.152. The largest absolute Gasteiger partial charge is 0.416 e. The molecule has 1 fully saturated rings. The highest BCUT2D eigenvalue weighted by Gasteiger charge is 2.36. The highest BCUT2D eigenvalue weighted by atomic mass is 19.4. The van der Waals surface area contributed by atoms with Crippen LogP contribution in [0.5, 0.6) is 0 Å². The maximum atomic E-state index is 12.5. The van der Waals surface area contributed by atoms with E-state index in [1.807, 2.05) is 0 Å². The Morgan fingerprint density at radius 3 is 2.43 bits per heavy atom. The smallest absolute Gasteiger partial charge is 0.388 e. The van der Waals surface area contributed by atoms with E-state index in [0.717, 1.165) is 12.1 Å². The van der Waals surface area contributed by atoms with Gasteiger partial charge >= 0.3 is 6.18 Å². The third-order valence-corrected chi connectivity index (χ3v) is 3.89. The van der Waals surface area contributed by atoms with Gasteiger partial charge in [0, 0.05) is 7.05 Å². The van der Waals surface area contributed by atoms with Gasteiger partial charge in [0.2, 0.25) is 5.91 Å². The molecular formula is C15H18F3NO4. The van der Waals surface area contributed by atoms with Gasteiger partial charge in [-0.1, -0.05) is 12.1 Å². The van der Waals surface area contributed by atoms with Crippen LogP contribution in [-0.4, -0.2) is 59.5 Å². The summed E-state index contributed by atoms with van der Waals surface area (Å²) in [5.41, 5.74) is -0.345. The van der Waals surface area contributed by atoms with Crippen LogP contribution in [0.2, 0.25) is 0 Å². The predicted molar refractivity (Wildman–Crippen MR) is 74.5 cm³/mol. The first-order valence-corrected chi connectivity index (χ1v) is 7.06. The van der Waals surface area contributed by atoms with Crippen molar-refractivity contribution in [3.8, 4) is 0 Å². The van der Waals surface area contributed by atoms with Crippen molar-refractivity contribution >= 4 is 5.91 Å². The maximum absolute atomic E-state index is 12.5. The number of hydrogen-bond acceptors (Lipinski definition) is 4. The number of amides is 1. The SMILES string of the molecule is CN(C(=O)Cc1ccc(C(F)(F)F)cc1)[C@@H]1COC[C@@H](O)[C@H]1O. The Morgan fingerprint density at radius 2 is 1.87 bits per heavy atom. The van der Waals surface area contributed by atoms with Crippen LogP contribution in [0.25, 0.3) is 0 Å². The van der Waals surface area contributed by atoms with E-state index < -0.39 is 30.0 Å². The fourth-order valence-electron chi connectivity index (χ4n) is 2.40. The zero-order valence-corrected chi connectivity index (χ0v) is 12.5. The van der Waals surface area contributed by atoms with Crippen LogP contribution < -0.4 is 0 Å². The number of benzene rings is 1. The zero-order chi connectivity index (χ0) is 17.2. The number of alkyl halides is 3. The quantitative estimate of drug-likeness (QED) is 0.860. The number of nitrogens with zero attached hydrogens (tertiary/aromatic N) is 1. The number of ether oxygens (including phenoxy) is 1. The van der Waals surface area contributed by atoms with Crippen molar-refractivity contribution in [2.45, 2.75) is 30.8 Å². The van der Waals surface area contributed by atoms with E-state index >= 15 is 0 Å². The Hall–Kier alpha value is -1.64. The summed E-state index contributed by atoms with van der Waals surface area (Å²) >= 11 is 0. The Bertz CT molecular complexity index is 547. The van der Waals surface area contributed by atoms with E-state index in [1.54, 1.807) is 0 Å². The third kappa shape index (κ3) is 4.21. The number of halogens is 3. The van der Waals surface area contributed by atoms with Crippen LogP contribution >= 0.6 is 0 Å². The molecule has 0 bridgehead atoms. The van der Waals surface area contributed by atoms with Crippen molar-refractivity contribution in [3.63, 3.8) is 0 Å². The highest BCUT2D eigenvalue weighted by Crippen LogP contribution is 2.29. The Balaban J connectivity index is 2.01. The predicted octanol–water partition coefficient (Wildman–Crippen LogP) is 0.827. The molecule has 0 spiro atoms. The van der Waals surface area contributed by atoms with Gasteiger partial charge in [-0.15, -0.1) is 0 Å². The van der Waals surface area contributed by atoms with Crippen molar-refractivity contribution in [3.05, 3.63) is 35.4 Å². The Morgan fingerprint density at radius 1 is 1.26 bits per heavy atom. The molecule has 23 heavy (non-hydrogen) atoms. The normalized spacial score (nSPS) is 25.2. The first-order valence-electron chi connectivity index (χ1n) is 7.06. The third-order valence-electron chi connectivity index (χ3n) is 3.89. The molecule has 0 aromatic heterocycles. The molecule has 128 valence electrons. The molecule has 0 saturated carbocycles. The minimum Gasteiger partial charge on any atom is -0.388 e. The fraction of sp³-hybridized carbons (Fsp3) is 0.533. The molecule has 1 saturated heterocycles. The molecule has 5 nitrogen and oxygen atoms in total. The molecule has 2 rings (SSSR count). The van der Waals surface area contributed by atoms with Crippen molar-refractivity contribution < 1.29 is 32.9 Å². The lowest BCUT2D eigenvalue weighted by Gasteiger charge is -2.37. The number of aliphatic hydroxyl groups excluding tert-OH is 2. The van der Waals surface area contributed by atoms with Crippen LogP contribution in [0.1, 0.15) is 11.1 Å². The number of rotatable bonds is 3. The zero-order valence-electron chi connectivity index (χ0n) is 12.5. The molecule has 1 aromatic carbocycles. The summed E-state index contributed by atoms with van der Waals surface area (Å²) in [5, 5.41) is 19.5. The molecular weight excluding hydrogens is 315 g/mol. The summed E-state index contributed by atoms with van der Waals surface area (Å²) in [6.45, 7) is 0.0894. The monoisotopic (exact) mass is 333 g/mol. The molecule has 1 aromatic rings. The molecule has 1 heterocycles. The summed E-state index contributed by atoms with van der Waals surface area (Å²) in [7, 11) is 1.46. The molecule has 0 unspecified atom stereocenters. The summed E-state index contributed by atoms with van der Waals surface area (Å²) in [4.78, 5) is 13.5. The van der Waals surface area contributed by atoms with Gasteiger partial charge in [0.25, 0.3) is 0 Å². The standard InChI is InChI=1S/C15H18F3NO4/c1-19(11-7-23-8-12(20)14(11)22)13(21)6-9-2-4-10(5-3-9)15(16,17)18/h2-5,11-12,14,20,22H,6-8H2,1H3/t11-,12-,14+/m1/s1. The molecule has 1 aliphatic rings. The van der Waals surface area contributed by atoms with Crippen molar-refractivity contribution in [1.29, 1.82) is 0 Å². The van der Waals surface area contributed by atoms with Gasteiger partial charge < -0.3 is 19.8 Å². The van der Waals surface area contributed by atoms with E-state index in [2.05, 4.69) is 0 Å². The number of carbonyl (C=O) groups excluding carboxylic acids is 1. The maximum Gasteiger partial charge on any atom is 0.416 e. The van der Waals surface area contributed by atoms with Gasteiger partial charge in [-0.2, -0.15) is 13.2 Å². The molecule has 2 N–H and O–H groups in total. The van der Waals surface area contributed by atoms with Crippen molar-refractivity contribution in [1.82, 2.24) is 4.90 Å². The van der Waals surface area contributed by atoms with Crippen LogP contribution in [0, 0.1) is 0 Å². The Kier molecular flexibility index (Phi) is 5.28. The van der Waals surface area contributed by atoms with Gasteiger partial charge in [0.1, 0.15) is 12.2 Å². The molecule has 1 aliphatic heterocycles. The fourth-order valence-corrected chi connectivity index (χ4v) is 2.40. The number of likely N-dealkylation sites (N-methyl/N-ethyl adjacent to an activating group) is 1. The van der Waals surface area contributed by atoms with Crippen molar-refractivity contribution in [2.24, 2.45) is 0 Å². The number of carbonyl (C=O) groups is 1. The number of aliphatic hydroxyl groups is 2. The second kappa shape index (κ2) is 6.86. The second-order valence-corrected chi connectivity index (χ2v) is 5.54. The summed E-state index contributed by atoms with van der Waals surface area (Å²) in [6.07, 6.45) is -6.71. The van der Waals surface area contributed by atoms with Crippen LogP contribution in [0.3, 0.4) is 0 Å². The van der Waals surface area contributed by atoms with Crippen molar-refractivity contribution in [2.75, 3.05) is 20.3 Å². The van der Waals surface area contributed by atoms with E-state index in [4.69, 9.17) is 4.74 Å². The molecule has 0 radical (unpaired) electrons. The average molecular weight is 333 g/mol. The average Bonchev–Trinajstić information content (AvgIpc) is 2.49. The van der Waals surface area contributed by atoms with Gasteiger partial charge in [-0.05, 0) is 17.7 Å². The first kappa shape index (κ1) is 17.7. The van der Waals surface area contributed by atoms with E-state index in [-0.39, 0.29) is 25.5 Å². The lowest BCUT2D eigenvalue weighted by atomic mass is 10.0. The summed E-state index contributed by atoms with van der Waals surface area (Å²) < 4.78 is 42.6. The van der Waals surface area contributed by atoms with E-state index in [0.29, 0.717) is 5.56 Å². The van der Waals surface area contributed by atoms with E-state index in [9.17, 15) is 28.2 Å². The molecule has 0 aliphatic carbocycles. The Labute approximate surface area is 131 Å². The topological polar surface area (TPSA) is 70.0 Å². The van der Waals surface area contributed by atoms with Gasteiger partial charge in [0.05, 0.1) is 31.2 Å².